The largest absolute Gasteiger partial charge is 0.466 e. The van der Waals surface area contributed by atoms with E-state index in [1.807, 2.05) is 7.05 Å². The molecule has 0 amide bonds. The molecule has 2 heterocycles. The van der Waals surface area contributed by atoms with Crippen molar-refractivity contribution >= 4 is 28.7 Å². The van der Waals surface area contributed by atoms with Gasteiger partial charge in [0, 0.05) is 57.2 Å². The monoisotopic (exact) mass is 634 g/mol. The van der Waals surface area contributed by atoms with E-state index in [0.717, 1.165) is 38.0 Å². The molecule has 4 atom stereocenters. The minimum atomic E-state index is -3.90. The molecular weight excluding hydrogens is 591 g/mol. The van der Waals surface area contributed by atoms with E-state index < -0.39 is 22.1 Å². The first kappa shape index (κ1) is 36.9. The minimum absolute atomic E-state index is 0. The molecule has 2 unspecified atom stereocenters. The first-order valence-electron chi connectivity index (χ1n) is 12.3. The molecule has 1 aromatic carbocycles. The van der Waals surface area contributed by atoms with Crippen LogP contribution in [-0.2, 0) is 66.0 Å². The van der Waals surface area contributed by atoms with Crippen molar-refractivity contribution in [2.45, 2.75) is 62.1 Å². The summed E-state index contributed by atoms with van der Waals surface area (Å²) in [7, 11) is -1.92. The van der Waals surface area contributed by atoms with Gasteiger partial charge in [-0.3, -0.25) is 13.9 Å². The summed E-state index contributed by atoms with van der Waals surface area (Å²) in [5.41, 5.74) is 0. The van der Waals surface area contributed by atoms with E-state index in [4.69, 9.17) is 18.4 Å². The van der Waals surface area contributed by atoms with Crippen LogP contribution in [0.2, 0.25) is 0 Å². The number of carbonyl (C=O) groups is 1. The van der Waals surface area contributed by atoms with Gasteiger partial charge in [0.05, 0.1) is 43.3 Å². The number of ether oxygens (including phenoxy) is 3. The fourth-order valence-electron chi connectivity index (χ4n) is 4.46. The predicted octanol–water partition coefficient (Wildman–Crippen LogP) is 3.82. The Morgan fingerprint density at radius 2 is 1.76 bits per heavy atom. The number of unbranched alkanes of at least 4 members (excludes halogenated alkanes) is 1. The van der Waals surface area contributed by atoms with Gasteiger partial charge in [-0.1, -0.05) is 24.6 Å². The summed E-state index contributed by atoms with van der Waals surface area (Å²) in [4.78, 5) is 14.7. The fraction of sp³-hybridized carbons (Fsp3) is 0.654. The van der Waals surface area contributed by atoms with E-state index in [0.29, 0.717) is 26.2 Å². The normalized spacial score (nSPS) is 22.7. The maximum Gasteiger partial charge on any atom is 0.313 e. The topological polar surface area (TPSA) is 91.4 Å². The number of piperidine rings is 1. The van der Waals surface area contributed by atoms with Crippen LogP contribution in [0.4, 0.5) is 0 Å². The van der Waals surface area contributed by atoms with Crippen molar-refractivity contribution in [2.75, 3.05) is 45.8 Å². The third-order valence-electron chi connectivity index (χ3n) is 6.20. The van der Waals surface area contributed by atoms with E-state index in [1.54, 1.807) is 25.1 Å². The van der Waals surface area contributed by atoms with E-state index in [9.17, 15) is 13.2 Å². The molecule has 0 aromatic heterocycles. The van der Waals surface area contributed by atoms with Crippen molar-refractivity contribution in [2.24, 2.45) is 5.92 Å². The zero-order valence-corrected chi connectivity index (χ0v) is 27.0. The summed E-state index contributed by atoms with van der Waals surface area (Å²) in [5, 5.41) is 0. The molecule has 0 N–H and O–H groups in total. The first-order chi connectivity index (χ1) is 16.9. The van der Waals surface area contributed by atoms with Crippen LogP contribution in [-0.4, -0.2) is 83.3 Å². The molecule has 11 heteroatoms. The van der Waals surface area contributed by atoms with Crippen LogP contribution in [0.15, 0.2) is 35.2 Å². The number of esters is 1. The Kier molecular flexibility index (Phi) is 19.9. The molecule has 2 bridgehead atoms. The summed E-state index contributed by atoms with van der Waals surface area (Å²) in [5.74, 6) is -0.172. The second-order valence-electron chi connectivity index (χ2n) is 8.53. The SMILES string of the molecule is CCOC(=O)C1C(OS(=O)(=O)c2ccccc2)C[C@@H]2CC[C@H]1N2C.[CH2-]CCCOCCOCCS.[CH3-].[Y]. The molecule has 2 aliphatic rings. The Labute approximate surface area is 254 Å². The van der Waals surface area contributed by atoms with Crippen LogP contribution in [0.25, 0.3) is 0 Å². The summed E-state index contributed by atoms with van der Waals surface area (Å²) in [6.07, 6.45) is 3.62. The Morgan fingerprint density at radius 1 is 1.11 bits per heavy atom. The number of thiol groups is 1. The third-order valence-corrected chi connectivity index (χ3v) is 7.73. The molecule has 0 saturated carbocycles. The van der Waals surface area contributed by atoms with Gasteiger partial charge in [0.25, 0.3) is 10.1 Å². The Bertz CT molecular complexity index is 837. The number of benzene rings is 1. The van der Waals surface area contributed by atoms with E-state index in [-0.39, 0.29) is 69.7 Å². The van der Waals surface area contributed by atoms with Gasteiger partial charge in [-0.15, -0.1) is 0 Å². The summed E-state index contributed by atoms with van der Waals surface area (Å²) >= 11 is 4.01. The molecule has 3 rings (SSSR count). The molecular formula is C26H43NO7S2Y-2. The van der Waals surface area contributed by atoms with Crippen molar-refractivity contribution in [1.29, 1.82) is 0 Å². The van der Waals surface area contributed by atoms with Crippen molar-refractivity contribution in [3.8, 4) is 0 Å². The van der Waals surface area contributed by atoms with Crippen molar-refractivity contribution in [3.63, 3.8) is 0 Å². The van der Waals surface area contributed by atoms with Gasteiger partial charge >= 0.3 is 5.97 Å². The molecule has 2 saturated heterocycles. The standard InChI is InChI=1S/C17H23NO5S.C8H17O2S.CH3.Y/c1-3-22-17(19)16-14-10-9-12(18(14)2)11-15(16)23-24(20,21)13-7-5-4-6-8-13;1-2-3-4-9-5-6-10-7-8-11;;/h4-8,12,14-16H,3,9-11H2,1-2H3;11H,1-8H2;1H3;/q;2*-1;/t12-,14+,15?,16?;;;/m0.../s1. The number of carbonyl (C=O) groups excluding carboxylic acids is 1. The number of rotatable bonds is 13. The van der Waals surface area contributed by atoms with Crippen LogP contribution in [0.5, 0.6) is 0 Å². The Hall–Kier alpha value is -0.0661. The number of nitrogens with zero attached hydrogens (tertiary/aromatic N) is 1. The average Bonchev–Trinajstić information content (AvgIpc) is 3.08. The maximum atomic E-state index is 12.6. The second kappa shape index (κ2) is 19.9. The van der Waals surface area contributed by atoms with Crippen molar-refractivity contribution in [1.82, 2.24) is 4.90 Å². The van der Waals surface area contributed by atoms with Gasteiger partial charge < -0.3 is 28.6 Å². The number of hydrogen-bond acceptors (Lipinski definition) is 9. The number of fused-ring (bicyclic) bond motifs is 2. The molecule has 1 radical (unpaired) electrons. The van der Waals surface area contributed by atoms with E-state index in [1.165, 1.54) is 12.1 Å². The van der Waals surface area contributed by atoms with Gasteiger partial charge in [0.15, 0.2) is 0 Å². The molecule has 1 aromatic rings. The van der Waals surface area contributed by atoms with Crippen LogP contribution in [0.3, 0.4) is 0 Å². The van der Waals surface area contributed by atoms with Gasteiger partial charge in [-0.25, -0.2) is 0 Å². The Morgan fingerprint density at radius 3 is 2.35 bits per heavy atom. The minimum Gasteiger partial charge on any atom is -0.466 e. The first-order valence-corrected chi connectivity index (χ1v) is 14.3. The van der Waals surface area contributed by atoms with Gasteiger partial charge in [-0.05, 0) is 45.4 Å². The third kappa shape index (κ3) is 11.9. The maximum absolute atomic E-state index is 12.6. The van der Waals surface area contributed by atoms with Crippen LogP contribution in [0.1, 0.15) is 39.0 Å². The van der Waals surface area contributed by atoms with E-state index >= 15 is 0 Å². The van der Waals surface area contributed by atoms with Crippen LogP contribution < -0.4 is 0 Å². The van der Waals surface area contributed by atoms with Crippen LogP contribution >= 0.6 is 12.6 Å². The average molecular weight is 635 g/mol. The van der Waals surface area contributed by atoms with Crippen molar-refractivity contribution < 1.29 is 64.3 Å². The summed E-state index contributed by atoms with van der Waals surface area (Å²) in [6, 6.07) is 8.26. The van der Waals surface area contributed by atoms with Crippen LogP contribution in [0, 0.1) is 20.3 Å². The van der Waals surface area contributed by atoms with Gasteiger partial charge in [0.1, 0.15) is 0 Å². The Balaban J connectivity index is 0.000000858. The zero-order valence-electron chi connectivity index (χ0n) is 22.4. The molecule has 0 aliphatic carbocycles. The predicted molar refractivity (Wildman–Crippen MR) is 144 cm³/mol. The van der Waals surface area contributed by atoms with E-state index in [2.05, 4.69) is 24.5 Å². The smallest absolute Gasteiger partial charge is 0.313 e. The second-order valence-corrected chi connectivity index (χ2v) is 10.6. The molecule has 2 aliphatic heterocycles. The van der Waals surface area contributed by atoms with Crippen molar-refractivity contribution in [3.05, 3.63) is 44.7 Å². The molecule has 211 valence electrons. The summed E-state index contributed by atoms with van der Waals surface area (Å²) in [6.45, 7) is 8.61. The van der Waals surface area contributed by atoms with Gasteiger partial charge in [-0.2, -0.15) is 27.5 Å². The van der Waals surface area contributed by atoms with Gasteiger partial charge in [0.2, 0.25) is 0 Å². The fourth-order valence-corrected chi connectivity index (χ4v) is 5.72. The zero-order chi connectivity index (χ0) is 25.7. The number of hydrogen-bond donors (Lipinski definition) is 1. The molecule has 8 nitrogen and oxygen atoms in total. The molecule has 37 heavy (non-hydrogen) atoms. The quantitative estimate of drug-likeness (QED) is 0.115. The summed E-state index contributed by atoms with van der Waals surface area (Å²) < 4.78 is 46.2. The molecule has 2 fully saturated rings. The molecule has 0 spiro atoms.